The average molecular weight is 639 g/mol. The highest BCUT2D eigenvalue weighted by molar-refractivity contribution is 6.27. The summed E-state index contributed by atoms with van der Waals surface area (Å²) in [5.41, 5.74) is 5.70. The average Bonchev–Trinajstić information content (AvgIpc) is 2.95. The van der Waals surface area contributed by atoms with Crippen molar-refractivity contribution in [2.75, 3.05) is 24.3 Å². The summed E-state index contributed by atoms with van der Waals surface area (Å²) in [7, 11) is 0. The van der Waals surface area contributed by atoms with E-state index in [0.29, 0.717) is 31.5 Å². The lowest BCUT2D eigenvalue weighted by molar-refractivity contribution is -0.154. The number of hydrogen-bond donors (Lipinski definition) is 6. The van der Waals surface area contributed by atoms with Gasteiger partial charge in [-0.05, 0) is 70.1 Å². The van der Waals surface area contributed by atoms with Gasteiger partial charge >= 0.3 is 12.0 Å². The Morgan fingerprint density at radius 1 is 0.864 bits per heavy atom. The van der Waals surface area contributed by atoms with E-state index >= 15 is 0 Å². The molecule has 0 fully saturated rings. The third-order valence-corrected chi connectivity index (χ3v) is 6.59. The highest BCUT2D eigenvalue weighted by atomic mass is 35.5. The number of carbonyl (C=O) groups excluding carboxylic acids is 6. The van der Waals surface area contributed by atoms with Crippen molar-refractivity contribution in [1.29, 1.82) is 0 Å². The lowest BCUT2D eigenvalue weighted by atomic mass is 9.97. The molecular formula is C30H47ClN6O7. The van der Waals surface area contributed by atoms with Gasteiger partial charge in [0.1, 0.15) is 24.6 Å². The van der Waals surface area contributed by atoms with Crippen LogP contribution in [0.4, 0.5) is 10.5 Å². The van der Waals surface area contributed by atoms with Gasteiger partial charge in [-0.15, -0.1) is 11.6 Å². The summed E-state index contributed by atoms with van der Waals surface area (Å²) in [5.74, 6) is -2.37. The van der Waals surface area contributed by atoms with Gasteiger partial charge in [0, 0.05) is 25.2 Å². The third kappa shape index (κ3) is 15.6. The molecule has 0 saturated carbocycles. The smallest absolute Gasteiger partial charge is 0.312 e. The van der Waals surface area contributed by atoms with E-state index in [2.05, 4.69) is 26.6 Å². The number of rotatable bonds is 18. The maximum Gasteiger partial charge on any atom is 0.312 e. The Bertz CT molecular complexity index is 1120. The van der Waals surface area contributed by atoms with Crippen LogP contribution < -0.4 is 32.3 Å². The van der Waals surface area contributed by atoms with Crippen molar-refractivity contribution in [3.8, 4) is 0 Å². The molecule has 246 valence electrons. The molecule has 1 aromatic rings. The van der Waals surface area contributed by atoms with Crippen LogP contribution in [0.25, 0.3) is 0 Å². The van der Waals surface area contributed by atoms with Gasteiger partial charge in [-0.2, -0.15) is 0 Å². The van der Waals surface area contributed by atoms with Crippen LogP contribution in [-0.2, 0) is 35.3 Å². The van der Waals surface area contributed by atoms with Crippen molar-refractivity contribution in [2.45, 2.75) is 85.4 Å². The van der Waals surface area contributed by atoms with Crippen LogP contribution in [0, 0.1) is 11.3 Å². The molecule has 44 heavy (non-hydrogen) atoms. The molecule has 0 radical (unpaired) electrons. The Morgan fingerprint density at radius 3 is 2.07 bits per heavy atom. The number of primary amides is 1. The molecule has 13 nitrogen and oxygen atoms in total. The minimum absolute atomic E-state index is 0.0861. The van der Waals surface area contributed by atoms with Gasteiger partial charge in [0.05, 0.1) is 5.41 Å². The van der Waals surface area contributed by atoms with E-state index in [1.165, 1.54) is 0 Å². The van der Waals surface area contributed by atoms with Gasteiger partial charge in [0.15, 0.2) is 0 Å². The molecule has 0 aliphatic rings. The number of urea groups is 1. The zero-order valence-electron chi connectivity index (χ0n) is 26.2. The summed E-state index contributed by atoms with van der Waals surface area (Å²) in [6.45, 7) is 9.52. The molecule has 6 amide bonds. The molecule has 0 aliphatic carbocycles. The Kier molecular flexibility index (Phi) is 16.8. The predicted molar refractivity (Wildman–Crippen MR) is 167 cm³/mol. The number of unbranched alkanes of at least 4 members (excludes halogenated alkanes) is 1. The first-order valence-electron chi connectivity index (χ1n) is 14.7. The maximum absolute atomic E-state index is 13.3. The van der Waals surface area contributed by atoms with E-state index in [1.807, 2.05) is 0 Å². The number of esters is 1. The standard InChI is InChI=1S/C30H47ClN6O7/c1-19(2)25(37-23(38)10-6-7-15-33-24(39)17-31)27(41)36-22(9-8-16-34-29(32)43)26(40)35-21-13-11-20(12-14-21)18-44-28(42)30(3,4)5/h11-14,19,22,25H,6-10,15-18H2,1-5H3,(H,33,39)(H,35,40)(H,36,41)(H,37,38)(H3,32,34,43)/t22-,25-/m1/s1. The van der Waals surface area contributed by atoms with Crippen LogP contribution in [-0.4, -0.2) is 66.7 Å². The summed E-state index contributed by atoms with van der Waals surface area (Å²) in [5, 5.41) is 13.3. The van der Waals surface area contributed by atoms with Gasteiger partial charge in [-0.25, -0.2) is 4.79 Å². The predicted octanol–water partition coefficient (Wildman–Crippen LogP) is 2.31. The molecule has 0 spiro atoms. The van der Waals surface area contributed by atoms with Crippen molar-refractivity contribution in [1.82, 2.24) is 21.3 Å². The monoisotopic (exact) mass is 638 g/mol. The first-order chi connectivity index (χ1) is 20.6. The molecule has 0 unspecified atom stereocenters. The van der Waals surface area contributed by atoms with E-state index in [0.717, 1.165) is 5.56 Å². The molecule has 0 saturated heterocycles. The quantitative estimate of drug-likeness (QED) is 0.0805. The minimum atomic E-state index is -0.978. The normalized spacial score (nSPS) is 12.4. The molecular weight excluding hydrogens is 592 g/mol. The Balaban J connectivity index is 2.83. The van der Waals surface area contributed by atoms with Gasteiger partial charge in [0.25, 0.3) is 0 Å². The molecule has 7 N–H and O–H groups in total. The number of benzene rings is 1. The fraction of sp³-hybridized carbons (Fsp3) is 0.600. The topological polar surface area (TPSA) is 198 Å². The number of nitrogens with one attached hydrogen (secondary N) is 5. The molecule has 14 heteroatoms. The van der Waals surface area contributed by atoms with E-state index < -0.39 is 35.3 Å². The Labute approximate surface area is 264 Å². The number of alkyl halides is 1. The number of carbonyl (C=O) groups is 6. The second-order valence-electron chi connectivity index (χ2n) is 11.7. The zero-order chi connectivity index (χ0) is 33.3. The Morgan fingerprint density at radius 2 is 1.50 bits per heavy atom. The lowest BCUT2D eigenvalue weighted by Crippen LogP contribution is -2.54. The van der Waals surface area contributed by atoms with Crippen molar-refractivity contribution >= 4 is 52.9 Å². The summed E-state index contributed by atoms with van der Waals surface area (Å²) in [6.07, 6.45) is 1.75. The van der Waals surface area contributed by atoms with Gasteiger partial charge in [0.2, 0.25) is 23.6 Å². The SMILES string of the molecule is CC(C)[C@@H](NC(=O)CCCCNC(=O)CCl)C(=O)N[C@H](CCCNC(N)=O)C(=O)Nc1ccc(COC(=O)C(C)(C)C)cc1. The van der Waals surface area contributed by atoms with Crippen molar-refractivity contribution < 1.29 is 33.5 Å². The first-order valence-corrected chi connectivity index (χ1v) is 15.2. The van der Waals surface area contributed by atoms with Gasteiger partial charge in [-0.3, -0.25) is 24.0 Å². The van der Waals surface area contributed by atoms with Crippen molar-refractivity contribution in [3.63, 3.8) is 0 Å². The molecule has 0 aliphatic heterocycles. The lowest BCUT2D eigenvalue weighted by Gasteiger charge is -2.25. The van der Waals surface area contributed by atoms with Crippen LogP contribution in [0.1, 0.15) is 72.3 Å². The number of halogens is 1. The molecule has 1 rings (SSSR count). The van der Waals surface area contributed by atoms with Crippen molar-refractivity contribution in [2.24, 2.45) is 17.1 Å². The number of ether oxygens (including phenoxy) is 1. The molecule has 1 aromatic carbocycles. The number of hydrogen-bond acceptors (Lipinski definition) is 7. The summed E-state index contributed by atoms with van der Waals surface area (Å²) < 4.78 is 5.32. The summed E-state index contributed by atoms with van der Waals surface area (Å²) in [6, 6.07) is 4.17. The van der Waals surface area contributed by atoms with Crippen LogP contribution in [0.3, 0.4) is 0 Å². The second-order valence-corrected chi connectivity index (χ2v) is 12.0. The second kappa shape index (κ2) is 19.4. The van der Waals surface area contributed by atoms with Crippen LogP contribution in [0.2, 0.25) is 0 Å². The fourth-order valence-electron chi connectivity index (χ4n) is 3.79. The largest absolute Gasteiger partial charge is 0.460 e. The van der Waals surface area contributed by atoms with Gasteiger partial charge in [-0.1, -0.05) is 26.0 Å². The molecule has 0 bridgehead atoms. The summed E-state index contributed by atoms with van der Waals surface area (Å²) in [4.78, 5) is 73.3. The van der Waals surface area contributed by atoms with Crippen LogP contribution in [0.15, 0.2) is 24.3 Å². The first kappa shape index (κ1) is 38.2. The van der Waals surface area contributed by atoms with E-state index in [1.54, 1.807) is 58.9 Å². The van der Waals surface area contributed by atoms with Crippen LogP contribution in [0.5, 0.6) is 0 Å². The number of nitrogens with two attached hydrogens (primary N) is 1. The zero-order valence-corrected chi connectivity index (χ0v) is 27.0. The minimum Gasteiger partial charge on any atom is -0.460 e. The molecule has 0 heterocycles. The van der Waals surface area contributed by atoms with Crippen LogP contribution >= 0.6 is 11.6 Å². The van der Waals surface area contributed by atoms with E-state index in [9.17, 15) is 28.8 Å². The highest BCUT2D eigenvalue weighted by Crippen LogP contribution is 2.18. The summed E-state index contributed by atoms with van der Waals surface area (Å²) >= 11 is 5.44. The third-order valence-electron chi connectivity index (χ3n) is 6.35. The molecule has 2 atom stereocenters. The Hall–Kier alpha value is -3.87. The van der Waals surface area contributed by atoms with Gasteiger partial charge < -0.3 is 37.1 Å². The maximum atomic E-state index is 13.3. The fourth-order valence-corrected chi connectivity index (χ4v) is 3.89. The van der Waals surface area contributed by atoms with E-state index in [4.69, 9.17) is 22.1 Å². The highest BCUT2D eigenvalue weighted by Gasteiger charge is 2.29. The number of amides is 6. The number of anilines is 1. The molecule has 0 aromatic heterocycles. The van der Waals surface area contributed by atoms with E-state index in [-0.39, 0.29) is 55.6 Å². The van der Waals surface area contributed by atoms with Crippen molar-refractivity contribution in [3.05, 3.63) is 29.8 Å².